The Hall–Kier alpha value is -2.92. The van der Waals surface area contributed by atoms with Crippen molar-refractivity contribution >= 4 is 23.3 Å². The molecule has 6 heteroatoms. The molecule has 2 aromatic carbocycles. The maximum Gasteiger partial charge on any atom is 0.225 e. The van der Waals surface area contributed by atoms with Crippen LogP contribution >= 0.6 is 11.6 Å². The largest absolute Gasteiger partial charge is 0.354 e. The molecule has 0 N–H and O–H groups in total. The Bertz CT molecular complexity index is 1150. The zero-order chi connectivity index (χ0) is 23.5. The Balaban J connectivity index is 1.47. The lowest BCUT2D eigenvalue weighted by Crippen LogP contribution is -2.41. The van der Waals surface area contributed by atoms with E-state index in [-0.39, 0.29) is 5.92 Å². The summed E-state index contributed by atoms with van der Waals surface area (Å²) >= 11 is 6.12. The lowest BCUT2D eigenvalue weighted by atomic mass is 9.84. The average molecular weight is 475 g/mol. The Kier molecular flexibility index (Phi) is 6.82. The van der Waals surface area contributed by atoms with Crippen LogP contribution in [0.1, 0.15) is 42.5 Å². The lowest BCUT2D eigenvalue weighted by molar-refractivity contribution is -0.137. The summed E-state index contributed by atoms with van der Waals surface area (Å²) in [5.74, 6) is 2.33. The van der Waals surface area contributed by atoms with Crippen molar-refractivity contribution in [2.45, 2.75) is 39.0 Å². The monoisotopic (exact) mass is 474 g/mol. The summed E-state index contributed by atoms with van der Waals surface area (Å²) in [5.41, 5.74) is 4.33. The minimum atomic E-state index is 0.248. The van der Waals surface area contributed by atoms with E-state index in [1.807, 2.05) is 30.3 Å². The quantitative estimate of drug-likeness (QED) is 0.487. The molecule has 176 valence electrons. The van der Waals surface area contributed by atoms with Gasteiger partial charge in [-0.15, -0.1) is 0 Å². The summed E-state index contributed by atoms with van der Waals surface area (Å²) < 4.78 is 0. The second kappa shape index (κ2) is 10.1. The van der Waals surface area contributed by atoms with Crippen molar-refractivity contribution in [1.82, 2.24) is 14.9 Å². The number of carbonyl (C=O) groups excluding carboxylic acids is 1. The number of rotatable bonds is 5. The van der Waals surface area contributed by atoms with Gasteiger partial charge in [0.05, 0.1) is 0 Å². The van der Waals surface area contributed by atoms with Crippen LogP contribution in [0.15, 0.2) is 54.6 Å². The number of nitrogens with zero attached hydrogens (tertiary/aromatic N) is 4. The fourth-order valence-electron chi connectivity index (χ4n) is 4.84. The molecule has 5 rings (SSSR count). The van der Waals surface area contributed by atoms with Crippen molar-refractivity contribution in [3.63, 3.8) is 0 Å². The number of anilines is 1. The van der Waals surface area contributed by atoms with Gasteiger partial charge in [0.1, 0.15) is 5.82 Å². The van der Waals surface area contributed by atoms with Crippen LogP contribution in [-0.2, 0) is 11.2 Å². The number of benzene rings is 2. The van der Waals surface area contributed by atoms with Gasteiger partial charge in [-0.25, -0.2) is 9.97 Å². The van der Waals surface area contributed by atoms with E-state index < -0.39 is 0 Å². The van der Waals surface area contributed by atoms with Crippen LogP contribution in [0.5, 0.6) is 0 Å². The van der Waals surface area contributed by atoms with Gasteiger partial charge >= 0.3 is 0 Å². The topological polar surface area (TPSA) is 49.3 Å². The molecule has 1 amide bonds. The SMILES string of the molecule is Cc1nc(-c2ccccc2)nc(N2CCCN(C(=O)C3CCC3)CC2)c1Cc1ccc(Cl)cc1. The van der Waals surface area contributed by atoms with Crippen LogP contribution in [0.4, 0.5) is 5.82 Å². The maximum absolute atomic E-state index is 12.9. The van der Waals surface area contributed by atoms with Crippen LogP contribution < -0.4 is 4.90 Å². The average Bonchev–Trinajstić information content (AvgIpc) is 3.07. The van der Waals surface area contributed by atoms with E-state index in [1.54, 1.807) is 0 Å². The fourth-order valence-corrected chi connectivity index (χ4v) is 4.96. The molecular formula is C28H31ClN4O. The third-order valence-electron chi connectivity index (χ3n) is 7.08. The number of aromatic nitrogens is 2. The summed E-state index contributed by atoms with van der Waals surface area (Å²) in [6.07, 6.45) is 4.98. The van der Waals surface area contributed by atoms with Crippen molar-refractivity contribution in [3.05, 3.63) is 76.4 Å². The van der Waals surface area contributed by atoms with Crippen LogP contribution in [0.3, 0.4) is 0 Å². The Morgan fingerprint density at radius 1 is 0.941 bits per heavy atom. The van der Waals surface area contributed by atoms with E-state index in [2.05, 4.69) is 41.0 Å². The summed E-state index contributed by atoms with van der Waals surface area (Å²) in [7, 11) is 0. The smallest absolute Gasteiger partial charge is 0.225 e. The van der Waals surface area contributed by atoms with E-state index in [0.717, 1.165) is 85.3 Å². The molecule has 0 unspecified atom stereocenters. The molecule has 0 spiro atoms. The van der Waals surface area contributed by atoms with Crippen LogP contribution in [-0.4, -0.2) is 47.0 Å². The molecule has 3 aromatic rings. The highest BCUT2D eigenvalue weighted by Crippen LogP contribution is 2.31. The highest BCUT2D eigenvalue weighted by molar-refractivity contribution is 6.30. The number of aryl methyl sites for hydroxylation is 1. The van der Waals surface area contributed by atoms with Gasteiger partial charge in [0, 0.05) is 60.4 Å². The van der Waals surface area contributed by atoms with Gasteiger partial charge in [-0.05, 0) is 43.9 Å². The number of halogens is 1. The van der Waals surface area contributed by atoms with E-state index in [0.29, 0.717) is 5.91 Å². The molecule has 2 heterocycles. The maximum atomic E-state index is 12.9. The molecule has 34 heavy (non-hydrogen) atoms. The Morgan fingerprint density at radius 3 is 2.41 bits per heavy atom. The van der Waals surface area contributed by atoms with Gasteiger partial charge in [-0.1, -0.05) is 60.5 Å². The number of carbonyl (C=O) groups is 1. The summed E-state index contributed by atoms with van der Waals surface area (Å²) in [5, 5.41) is 0.736. The van der Waals surface area contributed by atoms with Gasteiger partial charge in [0.2, 0.25) is 5.91 Å². The molecule has 2 fully saturated rings. The number of hydrogen-bond donors (Lipinski definition) is 0. The van der Waals surface area contributed by atoms with Crippen molar-refractivity contribution in [2.24, 2.45) is 5.92 Å². The zero-order valence-electron chi connectivity index (χ0n) is 19.7. The van der Waals surface area contributed by atoms with Gasteiger partial charge in [0.25, 0.3) is 0 Å². The second-order valence-electron chi connectivity index (χ2n) is 9.40. The fraction of sp³-hybridized carbons (Fsp3) is 0.393. The standard InChI is InChI=1S/C28H31ClN4O/c1-20-25(19-21-11-13-24(29)14-12-21)27(31-26(30-20)22-7-3-2-4-8-22)32-15-6-16-33(18-17-32)28(34)23-9-5-10-23/h2-4,7-8,11-14,23H,5-6,9-10,15-19H2,1H3. The first-order chi connectivity index (χ1) is 16.6. The summed E-state index contributed by atoms with van der Waals surface area (Å²) in [4.78, 5) is 27.3. The highest BCUT2D eigenvalue weighted by atomic mass is 35.5. The Morgan fingerprint density at radius 2 is 1.71 bits per heavy atom. The molecule has 1 saturated carbocycles. The number of amides is 1. The van der Waals surface area contributed by atoms with Gasteiger partial charge in [-0.3, -0.25) is 4.79 Å². The molecule has 0 radical (unpaired) electrons. The first kappa shape index (κ1) is 22.9. The summed E-state index contributed by atoms with van der Waals surface area (Å²) in [6.45, 7) is 5.32. The Labute approximate surface area is 206 Å². The highest BCUT2D eigenvalue weighted by Gasteiger charge is 2.31. The molecular weight excluding hydrogens is 444 g/mol. The van der Waals surface area contributed by atoms with E-state index in [1.165, 1.54) is 12.0 Å². The molecule has 1 aromatic heterocycles. The first-order valence-corrected chi connectivity index (χ1v) is 12.7. The van der Waals surface area contributed by atoms with E-state index in [4.69, 9.17) is 21.6 Å². The van der Waals surface area contributed by atoms with Crippen LogP contribution in [0.2, 0.25) is 5.02 Å². The third kappa shape index (κ3) is 4.95. The van der Waals surface area contributed by atoms with Gasteiger partial charge in [0.15, 0.2) is 5.82 Å². The predicted molar refractivity (Wildman–Crippen MR) is 137 cm³/mol. The molecule has 5 nitrogen and oxygen atoms in total. The third-order valence-corrected chi connectivity index (χ3v) is 7.33. The van der Waals surface area contributed by atoms with Crippen LogP contribution in [0.25, 0.3) is 11.4 Å². The van der Waals surface area contributed by atoms with Crippen molar-refractivity contribution in [1.29, 1.82) is 0 Å². The van der Waals surface area contributed by atoms with Crippen molar-refractivity contribution in [2.75, 3.05) is 31.1 Å². The molecule has 1 aliphatic carbocycles. The summed E-state index contributed by atoms with van der Waals surface area (Å²) in [6, 6.07) is 18.2. The van der Waals surface area contributed by atoms with Crippen molar-refractivity contribution < 1.29 is 4.79 Å². The minimum absolute atomic E-state index is 0.248. The molecule has 1 saturated heterocycles. The molecule has 1 aliphatic heterocycles. The predicted octanol–water partition coefficient (Wildman–Crippen LogP) is 5.54. The molecule has 0 atom stereocenters. The normalized spacial score (nSPS) is 16.8. The molecule has 2 aliphatic rings. The van der Waals surface area contributed by atoms with E-state index in [9.17, 15) is 4.79 Å². The lowest BCUT2D eigenvalue weighted by Gasteiger charge is -2.31. The van der Waals surface area contributed by atoms with Gasteiger partial charge < -0.3 is 9.80 Å². The zero-order valence-corrected chi connectivity index (χ0v) is 20.5. The number of hydrogen-bond acceptors (Lipinski definition) is 4. The van der Waals surface area contributed by atoms with E-state index >= 15 is 0 Å². The minimum Gasteiger partial charge on any atom is -0.354 e. The van der Waals surface area contributed by atoms with Gasteiger partial charge in [-0.2, -0.15) is 0 Å². The first-order valence-electron chi connectivity index (χ1n) is 12.3. The second-order valence-corrected chi connectivity index (χ2v) is 9.83. The molecule has 0 bridgehead atoms. The van der Waals surface area contributed by atoms with Crippen LogP contribution in [0, 0.1) is 12.8 Å². The van der Waals surface area contributed by atoms with Crippen molar-refractivity contribution in [3.8, 4) is 11.4 Å².